The number of hydrogen-bond acceptors (Lipinski definition) is 3. The van der Waals surface area contributed by atoms with E-state index < -0.39 is 12.5 Å². The number of rotatable bonds is 4. The molecule has 110 valence electrons. The van der Waals surface area contributed by atoms with Crippen LogP contribution in [0.25, 0.3) is 0 Å². The molecule has 0 spiro atoms. The zero-order valence-electron chi connectivity index (χ0n) is 10.6. The van der Waals surface area contributed by atoms with Crippen LogP contribution in [0.1, 0.15) is 10.4 Å². The van der Waals surface area contributed by atoms with Crippen molar-refractivity contribution < 1.29 is 18.3 Å². The van der Waals surface area contributed by atoms with Gasteiger partial charge in [0, 0.05) is 21.9 Å². The Morgan fingerprint density at radius 3 is 2.71 bits per heavy atom. The fraction of sp³-hybridized carbons (Fsp3) is 0.0714. The first-order valence-corrected chi connectivity index (χ1v) is 6.66. The Morgan fingerprint density at radius 2 is 2.00 bits per heavy atom. The predicted octanol–water partition coefficient (Wildman–Crippen LogP) is 3.89. The summed E-state index contributed by atoms with van der Waals surface area (Å²) in [5.74, 6) is -0.479. The lowest BCUT2D eigenvalue weighted by Crippen LogP contribution is -2.14. The molecule has 0 unspecified atom stereocenters. The van der Waals surface area contributed by atoms with Crippen LogP contribution in [-0.4, -0.2) is 12.5 Å². The Hall–Kier alpha value is -2.15. The van der Waals surface area contributed by atoms with Gasteiger partial charge < -0.3 is 15.8 Å². The molecular formula is C14H11BrF2N2O2. The molecule has 0 saturated carbocycles. The second kappa shape index (κ2) is 6.53. The van der Waals surface area contributed by atoms with Gasteiger partial charge in [-0.1, -0.05) is 22.0 Å². The van der Waals surface area contributed by atoms with Crippen LogP contribution in [0.5, 0.6) is 5.75 Å². The van der Waals surface area contributed by atoms with Gasteiger partial charge in [-0.05, 0) is 30.3 Å². The molecular weight excluding hydrogens is 346 g/mol. The molecule has 0 saturated heterocycles. The maximum absolute atomic E-state index is 12.1. The van der Waals surface area contributed by atoms with Crippen LogP contribution in [0.4, 0.5) is 20.2 Å². The van der Waals surface area contributed by atoms with Crippen molar-refractivity contribution in [2.75, 3.05) is 11.1 Å². The zero-order valence-corrected chi connectivity index (χ0v) is 12.2. The number of nitrogen functional groups attached to an aromatic ring is 1. The summed E-state index contributed by atoms with van der Waals surface area (Å²) in [6.45, 7) is -2.92. The number of hydrogen-bond donors (Lipinski definition) is 2. The molecule has 0 heterocycles. The molecule has 0 aromatic heterocycles. The number of halogens is 3. The topological polar surface area (TPSA) is 64.4 Å². The summed E-state index contributed by atoms with van der Waals surface area (Å²) in [7, 11) is 0. The SMILES string of the molecule is Nc1ccc(Br)cc1C(=O)Nc1cccc(OC(F)F)c1. The molecule has 0 aliphatic rings. The summed E-state index contributed by atoms with van der Waals surface area (Å²) in [5, 5.41) is 2.58. The summed E-state index contributed by atoms with van der Waals surface area (Å²) in [4.78, 5) is 12.1. The third-order valence-electron chi connectivity index (χ3n) is 2.58. The van der Waals surface area contributed by atoms with E-state index in [0.29, 0.717) is 15.8 Å². The number of carbonyl (C=O) groups is 1. The van der Waals surface area contributed by atoms with Gasteiger partial charge in [0.05, 0.1) is 5.56 Å². The van der Waals surface area contributed by atoms with E-state index in [2.05, 4.69) is 26.0 Å². The highest BCUT2D eigenvalue weighted by molar-refractivity contribution is 9.10. The number of anilines is 2. The second-order valence-corrected chi connectivity index (χ2v) is 5.01. The van der Waals surface area contributed by atoms with E-state index in [1.54, 1.807) is 24.3 Å². The maximum Gasteiger partial charge on any atom is 0.387 e. The molecule has 0 aliphatic heterocycles. The van der Waals surface area contributed by atoms with Gasteiger partial charge in [-0.3, -0.25) is 4.79 Å². The first kappa shape index (κ1) is 15.2. The fourth-order valence-electron chi connectivity index (χ4n) is 1.67. The Bertz CT molecular complexity index is 665. The van der Waals surface area contributed by atoms with Gasteiger partial charge in [0.1, 0.15) is 5.75 Å². The van der Waals surface area contributed by atoms with Gasteiger partial charge in [-0.2, -0.15) is 8.78 Å². The fourth-order valence-corrected chi connectivity index (χ4v) is 2.03. The highest BCUT2D eigenvalue weighted by atomic mass is 79.9. The molecule has 0 atom stereocenters. The van der Waals surface area contributed by atoms with E-state index in [9.17, 15) is 13.6 Å². The average Bonchev–Trinajstić information content (AvgIpc) is 2.41. The van der Waals surface area contributed by atoms with Gasteiger partial charge in [-0.25, -0.2) is 0 Å². The minimum absolute atomic E-state index is 0.0370. The first-order chi connectivity index (χ1) is 9.95. The largest absolute Gasteiger partial charge is 0.435 e. The third-order valence-corrected chi connectivity index (χ3v) is 3.07. The van der Waals surface area contributed by atoms with Crippen molar-refractivity contribution in [3.8, 4) is 5.75 Å². The second-order valence-electron chi connectivity index (χ2n) is 4.09. The Kier molecular flexibility index (Phi) is 4.74. The van der Waals surface area contributed by atoms with Crippen LogP contribution in [0.2, 0.25) is 0 Å². The van der Waals surface area contributed by atoms with Crippen molar-refractivity contribution in [3.63, 3.8) is 0 Å². The number of ether oxygens (including phenoxy) is 1. The normalized spacial score (nSPS) is 10.5. The molecule has 7 heteroatoms. The number of carbonyl (C=O) groups excluding carboxylic acids is 1. The molecule has 0 radical (unpaired) electrons. The van der Waals surface area contributed by atoms with Crippen LogP contribution in [0.15, 0.2) is 46.9 Å². The van der Waals surface area contributed by atoms with Crippen molar-refractivity contribution in [1.29, 1.82) is 0 Å². The molecule has 2 rings (SSSR count). The molecule has 4 nitrogen and oxygen atoms in total. The summed E-state index contributed by atoms with van der Waals surface area (Å²) in [5.41, 5.74) is 6.66. The van der Waals surface area contributed by atoms with E-state index in [1.165, 1.54) is 18.2 Å². The van der Waals surface area contributed by atoms with Gasteiger partial charge in [-0.15, -0.1) is 0 Å². The van der Waals surface area contributed by atoms with Crippen LogP contribution in [-0.2, 0) is 0 Å². The summed E-state index contributed by atoms with van der Waals surface area (Å²) < 4.78 is 29.3. The van der Waals surface area contributed by atoms with Crippen LogP contribution < -0.4 is 15.8 Å². The third kappa shape index (κ3) is 4.16. The highest BCUT2D eigenvalue weighted by Crippen LogP contribution is 2.22. The summed E-state index contributed by atoms with van der Waals surface area (Å²) in [6.07, 6.45) is 0. The van der Waals surface area contributed by atoms with Gasteiger partial charge in [0.2, 0.25) is 0 Å². The Balaban J connectivity index is 2.17. The van der Waals surface area contributed by atoms with E-state index in [1.807, 2.05) is 0 Å². The molecule has 21 heavy (non-hydrogen) atoms. The van der Waals surface area contributed by atoms with Crippen LogP contribution in [0.3, 0.4) is 0 Å². The van der Waals surface area contributed by atoms with Crippen molar-refractivity contribution in [1.82, 2.24) is 0 Å². The molecule has 0 bridgehead atoms. The zero-order chi connectivity index (χ0) is 15.4. The highest BCUT2D eigenvalue weighted by Gasteiger charge is 2.11. The number of alkyl halides is 2. The maximum atomic E-state index is 12.1. The smallest absolute Gasteiger partial charge is 0.387 e. The van der Waals surface area contributed by atoms with Crippen LogP contribution in [0, 0.1) is 0 Å². The number of amides is 1. The van der Waals surface area contributed by atoms with Crippen molar-refractivity contribution in [2.24, 2.45) is 0 Å². The molecule has 3 N–H and O–H groups in total. The minimum atomic E-state index is -2.92. The van der Waals surface area contributed by atoms with E-state index in [-0.39, 0.29) is 11.3 Å². The monoisotopic (exact) mass is 356 g/mol. The summed E-state index contributed by atoms with van der Waals surface area (Å²) >= 11 is 3.25. The molecule has 2 aromatic rings. The summed E-state index contributed by atoms with van der Waals surface area (Å²) in [6, 6.07) is 10.6. The molecule has 0 fully saturated rings. The van der Waals surface area contributed by atoms with E-state index in [0.717, 1.165) is 0 Å². The quantitative estimate of drug-likeness (QED) is 0.817. The average molecular weight is 357 g/mol. The predicted molar refractivity (Wildman–Crippen MR) is 79.6 cm³/mol. The minimum Gasteiger partial charge on any atom is -0.435 e. The van der Waals surface area contributed by atoms with E-state index >= 15 is 0 Å². The number of nitrogens with one attached hydrogen (secondary N) is 1. The Morgan fingerprint density at radius 1 is 1.24 bits per heavy atom. The molecule has 1 amide bonds. The van der Waals surface area contributed by atoms with Gasteiger partial charge >= 0.3 is 6.61 Å². The van der Waals surface area contributed by atoms with Crippen LogP contribution >= 0.6 is 15.9 Å². The first-order valence-electron chi connectivity index (χ1n) is 5.87. The Labute approximate surface area is 128 Å². The lowest BCUT2D eigenvalue weighted by Gasteiger charge is -2.10. The number of nitrogens with two attached hydrogens (primary N) is 1. The standard InChI is InChI=1S/C14H11BrF2N2O2/c15-8-4-5-12(18)11(6-8)13(20)19-9-2-1-3-10(7-9)21-14(16)17/h1-7,14H,18H2,(H,19,20). The van der Waals surface area contributed by atoms with Crippen molar-refractivity contribution >= 4 is 33.2 Å². The lowest BCUT2D eigenvalue weighted by molar-refractivity contribution is -0.0497. The molecule has 2 aromatic carbocycles. The number of benzene rings is 2. The van der Waals surface area contributed by atoms with Gasteiger partial charge in [0.25, 0.3) is 5.91 Å². The van der Waals surface area contributed by atoms with Crippen molar-refractivity contribution in [2.45, 2.75) is 6.61 Å². The van der Waals surface area contributed by atoms with Crippen molar-refractivity contribution in [3.05, 3.63) is 52.5 Å². The lowest BCUT2D eigenvalue weighted by atomic mass is 10.1. The van der Waals surface area contributed by atoms with Gasteiger partial charge in [0.15, 0.2) is 0 Å². The van der Waals surface area contributed by atoms with E-state index in [4.69, 9.17) is 5.73 Å². The molecule has 0 aliphatic carbocycles.